The summed E-state index contributed by atoms with van der Waals surface area (Å²) >= 11 is 0. The monoisotopic (exact) mass is 1320 g/mol. The van der Waals surface area contributed by atoms with E-state index in [9.17, 15) is 0 Å². The van der Waals surface area contributed by atoms with Crippen LogP contribution in [0, 0.1) is 26.4 Å². The number of hydrogen-bond acceptors (Lipinski definition) is 16. The number of carbonyl (C=O) groups is 8. The molecule has 0 aliphatic rings. The van der Waals surface area contributed by atoms with Crippen LogP contribution >= 0.6 is 0 Å². The maximum Gasteiger partial charge on any atom is 0.0344 e. The zero-order valence-electron chi connectivity index (χ0n) is 22.6. The van der Waals surface area contributed by atoms with Crippen LogP contribution in [0.3, 0.4) is 0 Å². The van der Waals surface area contributed by atoms with Crippen molar-refractivity contribution in [3.05, 3.63) is 72.3 Å². The van der Waals surface area contributed by atoms with Gasteiger partial charge >= 0.3 is 0 Å². The van der Waals surface area contributed by atoms with Crippen LogP contribution in [0.1, 0.15) is 0 Å². The van der Waals surface area contributed by atoms with Crippen molar-refractivity contribution in [3.8, 4) is 0 Å². The fourth-order valence-electron chi connectivity index (χ4n) is 0. The third kappa shape index (κ3) is 7650. The molecule has 16 N–H and O–H groups in total. The van der Waals surface area contributed by atoms with Gasteiger partial charge in [0.2, 0.25) is 0 Å². The Morgan fingerprint density at radius 2 is 0.341 bits per heavy atom. The molecule has 0 saturated carbocycles. The molecule has 24 nitrogen and oxygen atoms in total. The van der Waals surface area contributed by atoms with Crippen molar-refractivity contribution in [1.29, 1.82) is 0 Å². The van der Waals surface area contributed by atoms with E-state index in [0.29, 0.717) is 26.4 Å². The minimum absolute atomic E-state index is 0. The Balaban J connectivity index is -0.0000000138. The molecule has 0 fully saturated rings. The Hall–Kier alpha value is -1.08. The van der Waals surface area contributed by atoms with Crippen LogP contribution < -0.4 is 0 Å². The van der Waals surface area contributed by atoms with Crippen molar-refractivity contribution in [3.63, 3.8) is 0 Å². The molecule has 8 amide bonds. The van der Waals surface area contributed by atoms with Crippen LogP contribution in [0.2, 0.25) is 0 Å². The summed E-state index contributed by atoms with van der Waals surface area (Å²) in [5, 5.41) is 60.3. The number of aliphatic hydroxyl groups is 8. The zero-order chi connectivity index (χ0) is 35.3. The van der Waals surface area contributed by atoms with Gasteiger partial charge in [-0.15, -0.1) is 0 Å². The molecule has 0 unspecified atom stereocenters. The molecule has 0 aliphatic carbocycles. The maximum atomic E-state index is 8.47. The van der Waals surface area contributed by atoms with Gasteiger partial charge in [-0.1, -0.05) is 26.4 Å². The van der Waals surface area contributed by atoms with Crippen LogP contribution in [0.15, 0.2) is 0 Å². The second-order valence-electron chi connectivity index (χ2n) is 2.40. The van der Waals surface area contributed by atoms with Gasteiger partial charge in [-0.3, -0.25) is 0 Å². The Bertz CT molecular complexity index is 288. The van der Waals surface area contributed by atoms with Gasteiger partial charge in [0.1, 0.15) is 0 Å². The molecule has 44 heavy (non-hydrogen) atoms. The molecule has 264 valence electrons. The van der Waals surface area contributed by atoms with Crippen molar-refractivity contribution < 1.29 is 183 Å². The molecule has 0 saturated heterocycles. The number of aliphatic hydroxyl groups excluding tert-OH is 8. The standard InChI is InChI=1S/4C2H5O2.8CH3NO.4Hf/c4*3-1-2-4;8*2-1-3;;;;/h4*1,3-4H,2H2;8*1H,(H2,2,3);;;;/q4*-1;;;;;;;;;;;;/p-8. The Morgan fingerprint density at radius 3 is 0.341 bits per heavy atom. The van der Waals surface area contributed by atoms with Crippen LogP contribution in [0.4, 0.5) is 0 Å². The van der Waals surface area contributed by atoms with E-state index in [2.05, 4.69) is 0 Å². The number of carbonyl (C=O) groups excluding carboxylic acids is 8. The molecule has 0 aromatic heterocycles. The first kappa shape index (κ1) is 104. The van der Waals surface area contributed by atoms with Gasteiger partial charge in [0.05, 0.1) is 0 Å². The van der Waals surface area contributed by atoms with Gasteiger partial charge in [-0.2, -0.15) is 26.4 Å². The molecule has 0 aromatic carbocycles. The Kier molecular flexibility index (Phi) is 746. The van der Waals surface area contributed by atoms with Crippen molar-refractivity contribution in [2.24, 2.45) is 0 Å². The second-order valence-corrected chi connectivity index (χ2v) is 2.40. The van der Waals surface area contributed by atoms with Crippen LogP contribution in [-0.4, -0.2) is 119 Å². The molecule has 0 aromatic rings. The smallest absolute Gasteiger partial charge is 0.0344 e. The predicted octanol–water partition coefficient (Wildman–Crippen LogP) is -0.398. The summed E-state index contributed by atoms with van der Waals surface area (Å²) in [6, 6.07) is 0. The third-order valence-corrected chi connectivity index (χ3v) is 0.327. The van der Waals surface area contributed by atoms with Gasteiger partial charge in [0.15, 0.2) is 0 Å². The number of nitrogens with one attached hydrogen (secondary N) is 8. The number of amides is 8. The minimum atomic E-state index is -0.250. The van der Waals surface area contributed by atoms with Crippen LogP contribution in [0.25, 0.3) is 45.9 Å². The van der Waals surface area contributed by atoms with Gasteiger partial charge in [0.25, 0.3) is 0 Å². The molecular formula is C16H36Hf4N8O16-12. The Labute approximate surface area is 329 Å². The molecule has 28 heteroatoms. The largest absolute Gasteiger partial charge is 0.671 e. The molecular weight excluding hydrogens is 1270 g/mol. The van der Waals surface area contributed by atoms with Crippen molar-refractivity contribution >= 4 is 51.3 Å². The average molecular weight is 1310 g/mol. The van der Waals surface area contributed by atoms with Crippen molar-refractivity contribution in [2.45, 2.75) is 0 Å². The molecule has 0 atom stereocenters. The van der Waals surface area contributed by atoms with E-state index in [1.807, 2.05) is 0 Å². The van der Waals surface area contributed by atoms with E-state index < -0.39 is 0 Å². The SMILES string of the molecule is O[CH-]CO.O[CH-]CO.O[CH-]CO.O[CH-]CO.[Hf].[Hf].[Hf].[Hf].[NH-]C=O.[NH-]C=O.[NH-]C=O.[NH-]C=O.[NH-]C=O.[NH-]C=O.[NH-]C=O.[NH-]C=O. The van der Waals surface area contributed by atoms with E-state index in [4.69, 9.17) is 125 Å². The molecule has 0 heterocycles. The molecule has 0 rings (SSSR count). The first-order valence-electron chi connectivity index (χ1n) is 8.13. The van der Waals surface area contributed by atoms with Crippen LogP contribution in [-0.2, 0) is 142 Å². The summed E-state index contributed by atoms with van der Waals surface area (Å²) in [5.41, 5.74) is 44.2. The van der Waals surface area contributed by atoms with E-state index in [-0.39, 0.29) is 181 Å². The van der Waals surface area contributed by atoms with Gasteiger partial charge < -0.3 is 125 Å². The molecule has 0 radical (unpaired) electrons. The van der Waals surface area contributed by atoms with Gasteiger partial charge in [-0.25, -0.2) is 0 Å². The minimum Gasteiger partial charge on any atom is -0.671 e. The summed E-state index contributed by atoms with van der Waals surface area (Å²) in [5.74, 6) is 0. The van der Waals surface area contributed by atoms with Gasteiger partial charge in [-0.05, 0) is 0 Å². The van der Waals surface area contributed by atoms with Crippen molar-refractivity contribution in [2.75, 3.05) is 26.4 Å². The molecule has 0 aliphatic heterocycles. The molecule has 0 spiro atoms. The quantitative estimate of drug-likeness (QED) is 0.101. The summed E-state index contributed by atoms with van der Waals surface area (Å²) < 4.78 is 0. The summed E-state index contributed by atoms with van der Waals surface area (Å²) in [6.45, 7) is 1.72. The van der Waals surface area contributed by atoms with E-state index in [0.717, 1.165) is 0 Å². The summed E-state index contributed by atoms with van der Waals surface area (Å²) in [7, 11) is 0. The van der Waals surface area contributed by atoms with Crippen molar-refractivity contribution in [1.82, 2.24) is 0 Å². The van der Waals surface area contributed by atoms with Crippen LogP contribution in [0.5, 0.6) is 0 Å². The maximum absolute atomic E-state index is 8.47. The zero-order valence-corrected chi connectivity index (χ0v) is 37.0. The fourth-order valence-corrected chi connectivity index (χ4v) is 0. The van der Waals surface area contributed by atoms with Gasteiger partial charge in [0, 0.05) is 155 Å². The van der Waals surface area contributed by atoms with E-state index in [1.165, 1.54) is 0 Å². The Morgan fingerprint density at radius 1 is 0.318 bits per heavy atom. The number of hydrogen-bond donors (Lipinski definition) is 8. The molecule has 0 bridgehead atoms. The summed E-state index contributed by atoms with van der Waals surface area (Å²) in [4.78, 5) is 67.8. The average Bonchev–Trinajstić information content (AvgIpc) is 2.92. The first-order chi connectivity index (χ1) is 19.0. The first-order valence-corrected chi connectivity index (χ1v) is 8.13. The predicted molar refractivity (Wildman–Crippen MR) is 136 cm³/mol. The second kappa shape index (κ2) is 315. The van der Waals surface area contributed by atoms with E-state index >= 15 is 0 Å². The fraction of sp³-hybridized carbons (Fsp3) is 0.250. The topological polar surface area (TPSA) is 489 Å². The van der Waals surface area contributed by atoms with E-state index in [1.54, 1.807) is 0 Å². The normalized spacial score (nSPS) is 4.91. The summed E-state index contributed by atoms with van der Waals surface area (Å²) in [6.07, 6.45) is 0. The third-order valence-electron chi connectivity index (χ3n) is 0.327. The number of rotatable bonds is 4.